The molecule has 0 saturated carbocycles. The van der Waals surface area contributed by atoms with Crippen molar-refractivity contribution in [1.29, 1.82) is 0 Å². The molecule has 0 aliphatic carbocycles. The third-order valence-electron chi connectivity index (χ3n) is 4.11. The highest BCUT2D eigenvalue weighted by Gasteiger charge is 2.22. The summed E-state index contributed by atoms with van der Waals surface area (Å²) in [4.78, 5) is 16.9. The molecule has 23 heavy (non-hydrogen) atoms. The number of quaternary nitrogens is 1. The van der Waals surface area contributed by atoms with E-state index < -0.39 is 0 Å². The summed E-state index contributed by atoms with van der Waals surface area (Å²) in [6.07, 6.45) is 0. The summed E-state index contributed by atoms with van der Waals surface area (Å²) in [6.45, 7) is 5.09. The molecule has 2 N–H and O–H groups in total. The van der Waals surface area contributed by atoms with E-state index in [2.05, 4.69) is 22.3 Å². The molecule has 1 aromatic heterocycles. The number of carbonyl (C=O) groups excluding carboxylic acids is 1. The van der Waals surface area contributed by atoms with Gasteiger partial charge < -0.3 is 15.1 Å². The molecule has 3 rings (SSSR count). The lowest BCUT2D eigenvalue weighted by atomic mass is 10.2. The van der Waals surface area contributed by atoms with E-state index in [-0.39, 0.29) is 5.91 Å². The summed E-state index contributed by atoms with van der Waals surface area (Å²) in [5.74, 6) is 0.133. The maximum Gasteiger partial charge on any atom is 0.275 e. The fourth-order valence-corrected chi connectivity index (χ4v) is 3.57. The average molecular weight is 351 g/mol. The van der Waals surface area contributed by atoms with Crippen LogP contribution in [0.15, 0.2) is 41.8 Å². The number of piperazine rings is 1. The molecule has 1 aliphatic rings. The summed E-state index contributed by atoms with van der Waals surface area (Å²) >= 11 is 7.60. The number of nitrogens with zero attached hydrogens (tertiary/aromatic N) is 1. The van der Waals surface area contributed by atoms with Gasteiger partial charge in [-0.2, -0.15) is 0 Å². The first-order chi connectivity index (χ1) is 11.2. The maximum absolute atomic E-state index is 12.0. The highest BCUT2D eigenvalue weighted by molar-refractivity contribution is 7.09. The normalized spacial score (nSPS) is 15.6. The first kappa shape index (κ1) is 16.3. The van der Waals surface area contributed by atoms with Gasteiger partial charge in [-0.05, 0) is 35.7 Å². The Morgan fingerprint density at radius 2 is 1.96 bits per heavy atom. The quantitative estimate of drug-likeness (QED) is 0.855. The Kier molecular flexibility index (Phi) is 5.54. The van der Waals surface area contributed by atoms with Crippen molar-refractivity contribution in [2.75, 3.05) is 37.6 Å². The van der Waals surface area contributed by atoms with Crippen LogP contribution in [0.25, 0.3) is 0 Å². The van der Waals surface area contributed by atoms with Gasteiger partial charge in [-0.15, -0.1) is 11.3 Å². The van der Waals surface area contributed by atoms with E-state index in [9.17, 15) is 4.79 Å². The molecule has 1 aromatic carbocycles. The van der Waals surface area contributed by atoms with Gasteiger partial charge in [0.1, 0.15) is 0 Å². The minimum atomic E-state index is 0.133. The summed E-state index contributed by atoms with van der Waals surface area (Å²) < 4.78 is 0. The molecule has 1 fully saturated rings. The van der Waals surface area contributed by atoms with E-state index in [0.717, 1.165) is 31.2 Å². The second-order valence-electron chi connectivity index (χ2n) is 5.75. The van der Waals surface area contributed by atoms with Crippen molar-refractivity contribution in [3.8, 4) is 0 Å². The maximum atomic E-state index is 12.0. The minimum absolute atomic E-state index is 0.133. The van der Waals surface area contributed by atoms with Crippen LogP contribution in [0.1, 0.15) is 4.88 Å². The Morgan fingerprint density at radius 1 is 1.22 bits per heavy atom. The minimum Gasteiger partial charge on any atom is -0.360 e. The lowest BCUT2D eigenvalue weighted by molar-refractivity contribution is -0.892. The Morgan fingerprint density at radius 3 is 2.61 bits per heavy atom. The molecule has 0 bridgehead atoms. The summed E-state index contributed by atoms with van der Waals surface area (Å²) in [5.41, 5.74) is 1.20. The van der Waals surface area contributed by atoms with Crippen LogP contribution in [0, 0.1) is 0 Å². The topological polar surface area (TPSA) is 36.8 Å². The van der Waals surface area contributed by atoms with Crippen molar-refractivity contribution in [2.24, 2.45) is 0 Å². The molecule has 0 atom stereocenters. The second kappa shape index (κ2) is 7.81. The number of thiophene rings is 1. The number of halogens is 1. The lowest BCUT2D eigenvalue weighted by Gasteiger charge is -2.33. The molecule has 0 radical (unpaired) electrons. The molecule has 0 spiro atoms. The van der Waals surface area contributed by atoms with Crippen LogP contribution in [0.2, 0.25) is 5.02 Å². The molecular formula is C17H21ClN3OS+. The molecule has 2 heterocycles. The van der Waals surface area contributed by atoms with Crippen molar-refractivity contribution < 1.29 is 9.69 Å². The van der Waals surface area contributed by atoms with Crippen LogP contribution in [0.4, 0.5) is 5.69 Å². The smallest absolute Gasteiger partial charge is 0.275 e. The van der Waals surface area contributed by atoms with Gasteiger partial charge in [0, 0.05) is 15.6 Å². The third kappa shape index (κ3) is 4.70. The van der Waals surface area contributed by atoms with Crippen LogP contribution in [0.5, 0.6) is 0 Å². The van der Waals surface area contributed by atoms with E-state index in [4.69, 9.17) is 11.6 Å². The van der Waals surface area contributed by atoms with Gasteiger partial charge in [0.05, 0.1) is 32.7 Å². The van der Waals surface area contributed by atoms with Crippen LogP contribution < -0.4 is 15.1 Å². The largest absolute Gasteiger partial charge is 0.360 e. The van der Waals surface area contributed by atoms with E-state index in [0.29, 0.717) is 13.1 Å². The van der Waals surface area contributed by atoms with Gasteiger partial charge in [0.25, 0.3) is 5.91 Å². The SMILES string of the molecule is O=C(C[NH+]1CCN(c2ccc(Cl)cc2)CC1)NCc1cccs1. The summed E-state index contributed by atoms with van der Waals surface area (Å²) in [6, 6.07) is 12.0. The predicted octanol–water partition coefficient (Wildman–Crippen LogP) is 1.42. The Bertz CT molecular complexity index is 622. The number of carbonyl (C=O) groups is 1. The molecule has 4 nitrogen and oxygen atoms in total. The second-order valence-corrected chi connectivity index (χ2v) is 7.22. The Balaban J connectivity index is 1.42. The van der Waals surface area contributed by atoms with E-state index >= 15 is 0 Å². The molecule has 1 saturated heterocycles. The Labute approximate surface area is 145 Å². The van der Waals surface area contributed by atoms with E-state index in [1.165, 1.54) is 15.5 Å². The van der Waals surface area contributed by atoms with Gasteiger partial charge in [-0.25, -0.2) is 0 Å². The van der Waals surface area contributed by atoms with Crippen LogP contribution in [-0.2, 0) is 11.3 Å². The van der Waals surface area contributed by atoms with Crippen molar-refractivity contribution in [2.45, 2.75) is 6.54 Å². The third-order valence-corrected chi connectivity index (χ3v) is 5.24. The zero-order valence-corrected chi connectivity index (χ0v) is 14.5. The van der Waals surface area contributed by atoms with Gasteiger partial charge in [0.2, 0.25) is 0 Å². The summed E-state index contributed by atoms with van der Waals surface area (Å²) in [7, 11) is 0. The van der Waals surface area contributed by atoms with Crippen molar-refractivity contribution in [3.63, 3.8) is 0 Å². The molecule has 1 aliphatic heterocycles. The van der Waals surface area contributed by atoms with Crippen LogP contribution >= 0.6 is 22.9 Å². The number of amides is 1. The van der Waals surface area contributed by atoms with Crippen molar-refractivity contribution >= 4 is 34.5 Å². The van der Waals surface area contributed by atoms with E-state index in [1.54, 1.807) is 11.3 Å². The number of hydrogen-bond acceptors (Lipinski definition) is 3. The van der Waals surface area contributed by atoms with Crippen LogP contribution in [-0.4, -0.2) is 38.6 Å². The number of anilines is 1. The summed E-state index contributed by atoms with van der Waals surface area (Å²) in [5, 5.41) is 5.80. The zero-order valence-electron chi connectivity index (χ0n) is 12.9. The molecule has 0 unspecified atom stereocenters. The molecule has 122 valence electrons. The van der Waals surface area contributed by atoms with Crippen molar-refractivity contribution in [3.05, 3.63) is 51.7 Å². The Hall–Kier alpha value is -1.56. The number of nitrogens with one attached hydrogen (secondary N) is 2. The van der Waals surface area contributed by atoms with E-state index in [1.807, 2.05) is 29.6 Å². The fourth-order valence-electron chi connectivity index (χ4n) is 2.80. The predicted molar refractivity (Wildman–Crippen MR) is 95.4 cm³/mol. The lowest BCUT2D eigenvalue weighted by Crippen LogP contribution is -3.15. The van der Waals surface area contributed by atoms with Crippen molar-refractivity contribution in [1.82, 2.24) is 5.32 Å². The number of rotatable bonds is 5. The monoisotopic (exact) mass is 350 g/mol. The molecule has 6 heteroatoms. The van der Waals surface area contributed by atoms with Crippen LogP contribution in [0.3, 0.4) is 0 Å². The molecule has 2 aromatic rings. The highest BCUT2D eigenvalue weighted by atomic mass is 35.5. The first-order valence-electron chi connectivity index (χ1n) is 7.84. The van der Waals surface area contributed by atoms with Gasteiger partial charge >= 0.3 is 0 Å². The molecular weight excluding hydrogens is 330 g/mol. The standard InChI is InChI=1S/C17H20ClN3OS/c18-14-3-5-15(6-4-14)21-9-7-20(8-10-21)13-17(22)19-12-16-2-1-11-23-16/h1-6,11H,7-10,12-13H2,(H,19,22)/p+1. The first-order valence-corrected chi connectivity index (χ1v) is 9.09. The van der Waals surface area contributed by atoms with Gasteiger partial charge in [-0.3, -0.25) is 4.79 Å². The number of hydrogen-bond donors (Lipinski definition) is 2. The van der Waals surface area contributed by atoms with Gasteiger partial charge in [0.15, 0.2) is 6.54 Å². The zero-order chi connectivity index (χ0) is 16.1. The molecule has 1 amide bonds. The average Bonchev–Trinajstić information content (AvgIpc) is 3.08. The highest BCUT2D eigenvalue weighted by Crippen LogP contribution is 2.17. The number of benzene rings is 1. The fraction of sp³-hybridized carbons (Fsp3) is 0.353. The van der Waals surface area contributed by atoms with Gasteiger partial charge in [-0.1, -0.05) is 17.7 Å².